The van der Waals surface area contributed by atoms with E-state index in [9.17, 15) is 13.0 Å². The first-order chi connectivity index (χ1) is 24.9. The van der Waals surface area contributed by atoms with Crippen LogP contribution in [-0.2, 0) is 20.7 Å². The summed E-state index contributed by atoms with van der Waals surface area (Å²) < 4.78 is 62.0. The van der Waals surface area contributed by atoms with Crippen molar-refractivity contribution in [1.29, 1.82) is 0 Å². The summed E-state index contributed by atoms with van der Waals surface area (Å²) >= 11 is 0. The Kier molecular flexibility index (Phi) is 16.4. The smallest absolute Gasteiger partial charge is 0.744 e. The Hall–Kier alpha value is -5.03. The Balaban J connectivity index is 0.00000125. The molecule has 0 aliphatic carbocycles. The zero-order valence-corrected chi connectivity index (χ0v) is 34.1. The van der Waals surface area contributed by atoms with Gasteiger partial charge in [0.1, 0.15) is 10.1 Å². The summed E-state index contributed by atoms with van der Waals surface area (Å²) in [6, 6.07) is 31.1. The number of nitrogen functional groups attached to an aromatic ring is 2. The minimum atomic E-state index is -4.86. The fourth-order valence-corrected chi connectivity index (χ4v) is 5.03. The second kappa shape index (κ2) is 20.4. The summed E-state index contributed by atoms with van der Waals surface area (Å²) in [4.78, 5) is 24.5. The second-order valence-corrected chi connectivity index (χ2v) is 11.9. The number of rotatable bonds is 11. The summed E-state index contributed by atoms with van der Waals surface area (Å²) in [7, 11) is -7.98. The third-order valence-corrected chi connectivity index (χ3v) is 7.33. The number of anilines is 10. The van der Waals surface area contributed by atoms with Gasteiger partial charge in [0.2, 0.25) is 35.7 Å². The largest absolute Gasteiger partial charge is 1.00 e. The Bertz CT molecular complexity index is 2430. The monoisotopic (exact) mass is 784 g/mol. The Morgan fingerprint density at radius 1 is 0.593 bits per heavy atom. The van der Waals surface area contributed by atoms with Gasteiger partial charge in [-0.25, -0.2) is 8.42 Å². The van der Waals surface area contributed by atoms with Crippen LogP contribution in [0.2, 0.25) is 0 Å². The molecular formula is C32H26N12Na2O6S2. The molecular weight excluding hydrogens is 759 g/mol. The minimum absolute atomic E-state index is 0. The van der Waals surface area contributed by atoms with Gasteiger partial charge in [0.25, 0.3) is 0 Å². The number of nitrogens with two attached hydrogens (primary N) is 2. The molecule has 54 heavy (non-hydrogen) atoms. The van der Waals surface area contributed by atoms with Crippen LogP contribution in [0.5, 0.6) is 0 Å². The number of nitrogens with one attached hydrogen (secondary N) is 4. The first-order valence-corrected chi connectivity index (χ1v) is 17.1. The van der Waals surface area contributed by atoms with Gasteiger partial charge in [0, 0.05) is 17.1 Å². The van der Waals surface area contributed by atoms with Gasteiger partial charge in [-0.05, 0) is 47.6 Å². The quantitative estimate of drug-likeness (QED) is 0.0361. The molecule has 18 nitrogen and oxygen atoms in total. The average molecular weight is 785 g/mol. The molecule has 2 heterocycles. The molecule has 0 unspecified atom stereocenters. The Labute approximate surface area is 354 Å². The summed E-state index contributed by atoms with van der Waals surface area (Å²) in [6.45, 7) is 0. The normalized spacial score (nSPS) is 10.5. The van der Waals surface area contributed by atoms with Crippen molar-refractivity contribution >= 4 is 91.3 Å². The molecule has 0 radical (unpaired) electrons. The van der Waals surface area contributed by atoms with Crippen molar-refractivity contribution in [2.24, 2.45) is 0 Å². The van der Waals surface area contributed by atoms with Gasteiger partial charge in [-0.3, -0.25) is 0 Å². The van der Waals surface area contributed by atoms with Crippen LogP contribution in [0.1, 0.15) is 11.1 Å². The van der Waals surface area contributed by atoms with Gasteiger partial charge in [-0.15, -0.1) is 43.0 Å². The van der Waals surface area contributed by atoms with Gasteiger partial charge in [0.15, 0.2) is 0 Å². The van der Waals surface area contributed by atoms with Crippen molar-refractivity contribution in [2.45, 2.75) is 4.90 Å². The van der Waals surface area contributed by atoms with E-state index >= 15 is 0 Å². The molecule has 2 aromatic heterocycles. The van der Waals surface area contributed by atoms with Crippen LogP contribution >= 0.6 is 0 Å². The molecule has 0 saturated heterocycles. The van der Waals surface area contributed by atoms with E-state index in [1.54, 1.807) is 30.3 Å². The average Bonchev–Trinajstić information content (AvgIpc) is 3.08. The molecule has 0 saturated carbocycles. The van der Waals surface area contributed by atoms with E-state index in [0.29, 0.717) is 11.3 Å². The number of aromatic nitrogens is 6. The van der Waals surface area contributed by atoms with E-state index in [1.165, 1.54) is 18.2 Å². The standard InChI is InChI=1S/C32H27N12O3S.2Na.O3S/c33-27-39-29(35-22-7-3-1-4-8-22)43-31(41-27)37-24-16-12-20(13-17-24)11-14-21-15-18-25(19-26(21)48(45,46)47)38-32-42-28(34)40-30(44-32)36-23-9-5-2-6-10-23;;;1-4(2)3/h1-12,14-19H,(H,45,46,47)(H4,33,35,37,39,41,43)(H4,34,36,38,40,42,44);;;/q-1;2*+1;/p-1/b14-11+;;;. The van der Waals surface area contributed by atoms with Gasteiger partial charge >= 0.3 is 69.7 Å². The maximum atomic E-state index is 12.2. The molecule has 4 aromatic carbocycles. The molecule has 0 atom stereocenters. The molecule has 8 N–H and O–H groups in total. The van der Waals surface area contributed by atoms with Crippen molar-refractivity contribution in [3.63, 3.8) is 0 Å². The zero-order chi connectivity index (χ0) is 37.1. The van der Waals surface area contributed by atoms with Crippen LogP contribution in [0.25, 0.3) is 12.2 Å². The number of benzene rings is 4. The number of nitrogens with zero attached hydrogens (tertiary/aromatic N) is 6. The molecule has 0 aliphatic heterocycles. The van der Waals surface area contributed by atoms with Gasteiger partial charge in [-0.2, -0.15) is 35.5 Å². The summed E-state index contributed by atoms with van der Waals surface area (Å²) in [5, 5.41) is 12.0. The molecule has 264 valence electrons. The first kappa shape index (κ1) is 43.4. The maximum Gasteiger partial charge on any atom is 1.00 e. The van der Waals surface area contributed by atoms with E-state index in [0.717, 1.165) is 11.4 Å². The Morgan fingerprint density at radius 3 is 1.44 bits per heavy atom. The topological polar surface area (TPSA) is 286 Å². The second-order valence-electron chi connectivity index (χ2n) is 10.2. The van der Waals surface area contributed by atoms with Crippen LogP contribution < -0.4 is 91.8 Å². The number of hydrogen-bond acceptors (Lipinski definition) is 18. The number of para-hydroxylation sites is 2. The van der Waals surface area contributed by atoms with E-state index in [2.05, 4.69) is 57.2 Å². The summed E-state index contributed by atoms with van der Waals surface area (Å²) in [5.41, 5.74) is 14.9. The van der Waals surface area contributed by atoms with Crippen molar-refractivity contribution < 1.29 is 84.7 Å². The predicted molar refractivity (Wildman–Crippen MR) is 193 cm³/mol. The maximum absolute atomic E-state index is 12.2. The fourth-order valence-electron chi connectivity index (χ4n) is 4.33. The molecule has 0 aliphatic rings. The van der Waals surface area contributed by atoms with Crippen LogP contribution in [0.3, 0.4) is 0 Å². The molecule has 0 fully saturated rings. The van der Waals surface area contributed by atoms with E-state index in [4.69, 9.17) is 24.1 Å². The van der Waals surface area contributed by atoms with Crippen LogP contribution in [0.4, 0.5) is 58.4 Å². The molecule has 6 aromatic rings. The SMILES string of the molecule is Nc1nc(Nc2c[c-]c(/C=C/c3ccc(Nc4nc(N)nc(Nc5ccccc5)n4)cc3S(=O)(=O)[O-])cc2)nc(Nc2ccccc2)n1.O=S(=O)=O.[Na+].[Na+]. The van der Waals surface area contributed by atoms with E-state index < -0.39 is 25.6 Å². The molecule has 0 amide bonds. The molecule has 6 rings (SSSR count). The predicted octanol–water partition coefficient (Wildman–Crippen LogP) is -1.93. The van der Waals surface area contributed by atoms with Crippen molar-refractivity contribution in [1.82, 2.24) is 29.9 Å². The zero-order valence-electron chi connectivity index (χ0n) is 28.5. The van der Waals surface area contributed by atoms with Crippen LogP contribution in [0.15, 0.2) is 102 Å². The van der Waals surface area contributed by atoms with Crippen molar-refractivity contribution in [2.75, 3.05) is 32.7 Å². The van der Waals surface area contributed by atoms with Crippen molar-refractivity contribution in [3.8, 4) is 0 Å². The van der Waals surface area contributed by atoms with Gasteiger partial charge in [0.05, 0.1) is 4.90 Å². The van der Waals surface area contributed by atoms with Gasteiger partial charge in [-0.1, -0.05) is 48.5 Å². The molecule has 0 spiro atoms. The van der Waals surface area contributed by atoms with E-state index in [-0.39, 0.29) is 106 Å². The van der Waals surface area contributed by atoms with Crippen molar-refractivity contribution in [3.05, 3.63) is 114 Å². The fraction of sp³-hybridized carbons (Fsp3) is 0. The van der Waals surface area contributed by atoms with Crippen LogP contribution in [0, 0.1) is 6.07 Å². The van der Waals surface area contributed by atoms with Crippen LogP contribution in [-0.4, -0.2) is 55.5 Å². The van der Waals surface area contributed by atoms with E-state index in [1.807, 2.05) is 60.7 Å². The first-order valence-electron chi connectivity index (χ1n) is 14.7. The third kappa shape index (κ3) is 13.7. The molecule has 22 heteroatoms. The summed E-state index contributed by atoms with van der Waals surface area (Å²) in [6.07, 6.45) is 3.13. The van der Waals surface area contributed by atoms with Gasteiger partial charge < -0.3 is 37.3 Å². The minimum Gasteiger partial charge on any atom is -0.744 e. The summed E-state index contributed by atoms with van der Waals surface area (Å²) in [5.74, 6) is 0.675. The third-order valence-electron chi connectivity index (χ3n) is 6.44. The number of hydrogen-bond donors (Lipinski definition) is 6. The molecule has 0 bridgehead atoms. The Morgan fingerprint density at radius 2 is 1.02 bits per heavy atom.